The van der Waals surface area contributed by atoms with Crippen molar-refractivity contribution in [1.29, 1.82) is 0 Å². The van der Waals surface area contributed by atoms with E-state index in [0.29, 0.717) is 25.6 Å². The third kappa shape index (κ3) is 10.1. The van der Waals surface area contributed by atoms with Crippen LogP contribution < -0.4 is 20.7 Å². The van der Waals surface area contributed by atoms with Crippen LogP contribution in [-0.2, 0) is 32.0 Å². The largest absolute Gasteiger partial charge is 0.504 e. The molecule has 3 atom stereocenters. The van der Waals surface area contributed by atoms with Crippen molar-refractivity contribution in [2.24, 2.45) is 0 Å². The molecule has 4 rings (SSSR count). The number of benzene rings is 2. The van der Waals surface area contributed by atoms with Crippen molar-refractivity contribution in [3.05, 3.63) is 49.9 Å². The first-order valence-electron chi connectivity index (χ1n) is 13.5. The lowest BCUT2D eigenvalue weighted by atomic mass is 10.0. The standard InChI is InChI=1S/C27H31Br2N3O9.C2H6/c1-12-5-13-8-17(32-26(39)41-27(2,3)4)23(35)31-19(11-33)24(36)30-18(25(37)38)9-14-6-15(28)22(16(29)7-14)40-20(10-13)21(12)34;1-2/h5-7,10,17-19,33-34H,8-9,11H2,1-4H3,(H,30,36)(H,31,35)(H,32,39)(H,37,38);1-2H3/t17-,18-,19-;/m0./s1. The van der Waals surface area contributed by atoms with Crippen LogP contribution in [0.1, 0.15) is 51.3 Å². The molecule has 2 aliphatic heterocycles. The van der Waals surface area contributed by atoms with E-state index >= 15 is 0 Å². The molecule has 236 valence electrons. The second kappa shape index (κ2) is 15.4. The molecule has 0 aliphatic carbocycles. The summed E-state index contributed by atoms with van der Waals surface area (Å²) in [4.78, 5) is 50.9. The molecule has 4 bridgehead atoms. The highest BCUT2D eigenvalue weighted by atomic mass is 79.9. The molecule has 43 heavy (non-hydrogen) atoms. The number of halogens is 2. The molecular weight excluding hydrogens is 694 g/mol. The van der Waals surface area contributed by atoms with Gasteiger partial charge in [-0.05, 0) is 94.4 Å². The smallest absolute Gasteiger partial charge is 0.408 e. The molecular formula is C29H37Br2N3O9. The molecule has 0 unspecified atom stereocenters. The quantitative estimate of drug-likeness (QED) is 0.271. The van der Waals surface area contributed by atoms with Gasteiger partial charge in [-0.3, -0.25) is 9.59 Å². The topological polar surface area (TPSA) is 184 Å². The molecule has 0 saturated carbocycles. The van der Waals surface area contributed by atoms with E-state index in [4.69, 9.17) is 9.47 Å². The number of fused-ring (bicyclic) bond motifs is 10. The van der Waals surface area contributed by atoms with Crippen LogP contribution in [0.2, 0.25) is 0 Å². The van der Waals surface area contributed by atoms with Crippen molar-refractivity contribution in [2.45, 2.75) is 78.1 Å². The van der Waals surface area contributed by atoms with Gasteiger partial charge in [-0.2, -0.15) is 0 Å². The number of amides is 3. The van der Waals surface area contributed by atoms with Crippen molar-refractivity contribution < 1.29 is 44.0 Å². The zero-order valence-corrected chi connectivity index (χ0v) is 27.9. The zero-order chi connectivity index (χ0) is 32.6. The summed E-state index contributed by atoms with van der Waals surface area (Å²) in [5.74, 6) is -2.93. The third-order valence-electron chi connectivity index (χ3n) is 5.91. The minimum absolute atomic E-state index is 0.0587. The number of nitrogens with one attached hydrogen (secondary N) is 3. The van der Waals surface area contributed by atoms with Crippen molar-refractivity contribution in [1.82, 2.24) is 16.0 Å². The van der Waals surface area contributed by atoms with Crippen molar-refractivity contribution >= 4 is 55.7 Å². The zero-order valence-electron chi connectivity index (χ0n) is 24.7. The van der Waals surface area contributed by atoms with Crippen molar-refractivity contribution in [2.75, 3.05) is 6.61 Å². The number of carboxylic acid groups (broad SMARTS) is 1. The molecule has 3 amide bonds. The minimum Gasteiger partial charge on any atom is -0.504 e. The summed E-state index contributed by atoms with van der Waals surface area (Å²) in [6, 6.07) is 2.10. The number of aromatic hydroxyl groups is 1. The van der Waals surface area contributed by atoms with Gasteiger partial charge in [0, 0.05) is 12.8 Å². The summed E-state index contributed by atoms with van der Waals surface area (Å²) in [5, 5.41) is 37.6. The second-order valence-electron chi connectivity index (χ2n) is 10.5. The fraction of sp³-hybridized carbons (Fsp3) is 0.448. The number of carbonyl (C=O) groups excluding carboxylic acids is 3. The monoisotopic (exact) mass is 729 g/mol. The van der Waals surface area contributed by atoms with Crippen molar-refractivity contribution in [3.63, 3.8) is 0 Å². The van der Waals surface area contributed by atoms with E-state index in [1.54, 1.807) is 45.9 Å². The number of aryl methyl sites for hydroxylation is 1. The molecule has 0 saturated heterocycles. The highest BCUT2D eigenvalue weighted by Gasteiger charge is 2.31. The minimum atomic E-state index is -1.52. The summed E-state index contributed by atoms with van der Waals surface area (Å²) in [5.41, 5.74) is 0.542. The average molecular weight is 731 g/mol. The van der Waals surface area contributed by atoms with Crippen LogP contribution in [0, 0.1) is 6.92 Å². The molecule has 0 aromatic heterocycles. The van der Waals surface area contributed by atoms with Gasteiger partial charge in [-0.1, -0.05) is 19.9 Å². The lowest BCUT2D eigenvalue weighted by Gasteiger charge is -2.25. The average Bonchev–Trinajstić information content (AvgIpc) is 2.90. The Bertz CT molecular complexity index is 1340. The second-order valence-corrected chi connectivity index (χ2v) is 12.2. The molecule has 12 nitrogen and oxygen atoms in total. The van der Waals surface area contributed by atoms with Crippen LogP contribution in [0.3, 0.4) is 0 Å². The molecule has 2 aromatic rings. The lowest BCUT2D eigenvalue weighted by Crippen LogP contribution is -2.57. The van der Waals surface area contributed by atoms with Gasteiger partial charge in [-0.15, -0.1) is 0 Å². The van der Waals surface area contributed by atoms with Crippen LogP contribution in [0.4, 0.5) is 4.79 Å². The van der Waals surface area contributed by atoms with Gasteiger partial charge < -0.3 is 40.7 Å². The summed E-state index contributed by atoms with van der Waals surface area (Å²) in [6.07, 6.45) is -1.17. The summed E-state index contributed by atoms with van der Waals surface area (Å²) in [7, 11) is 0. The van der Waals surface area contributed by atoms with Gasteiger partial charge in [0.1, 0.15) is 23.7 Å². The number of alkyl carbamates (subject to hydrolysis) is 1. The van der Waals surface area contributed by atoms with Crippen LogP contribution in [0.15, 0.2) is 33.2 Å². The van der Waals surface area contributed by atoms with E-state index < -0.39 is 54.2 Å². The number of hydrogen-bond acceptors (Lipinski definition) is 8. The van der Waals surface area contributed by atoms with Gasteiger partial charge in [0.05, 0.1) is 15.6 Å². The molecule has 14 heteroatoms. The highest BCUT2D eigenvalue weighted by molar-refractivity contribution is 9.11. The fourth-order valence-electron chi connectivity index (χ4n) is 4.02. The number of aliphatic hydroxyl groups excluding tert-OH is 1. The molecule has 0 radical (unpaired) electrons. The van der Waals surface area contributed by atoms with Crippen LogP contribution in [0.5, 0.6) is 17.2 Å². The van der Waals surface area contributed by atoms with Crippen LogP contribution in [-0.4, -0.2) is 69.5 Å². The van der Waals surface area contributed by atoms with E-state index in [0.717, 1.165) is 0 Å². The van der Waals surface area contributed by atoms with E-state index in [9.17, 15) is 34.5 Å². The highest BCUT2D eigenvalue weighted by Crippen LogP contribution is 2.42. The number of aliphatic carboxylic acids is 1. The molecule has 2 heterocycles. The molecule has 6 N–H and O–H groups in total. The number of phenols is 1. The summed E-state index contributed by atoms with van der Waals surface area (Å²) >= 11 is 6.84. The van der Waals surface area contributed by atoms with E-state index in [1.165, 1.54) is 6.07 Å². The maximum Gasteiger partial charge on any atom is 0.408 e. The Morgan fingerprint density at radius 2 is 1.60 bits per heavy atom. The first kappa shape index (κ1) is 35.8. The Hall–Kier alpha value is -3.36. The van der Waals surface area contributed by atoms with Gasteiger partial charge in [0.2, 0.25) is 11.8 Å². The number of carbonyl (C=O) groups is 4. The van der Waals surface area contributed by atoms with E-state index in [1.807, 2.05) is 13.8 Å². The molecule has 0 spiro atoms. The maximum absolute atomic E-state index is 13.3. The Kier molecular flexibility index (Phi) is 12.8. The van der Waals surface area contributed by atoms with Gasteiger partial charge >= 0.3 is 12.1 Å². The molecule has 2 aromatic carbocycles. The number of rotatable bonds is 3. The summed E-state index contributed by atoms with van der Waals surface area (Å²) in [6.45, 7) is 9.74. The number of aliphatic hydroxyl groups is 1. The van der Waals surface area contributed by atoms with Gasteiger partial charge in [0.15, 0.2) is 17.2 Å². The Morgan fingerprint density at radius 3 is 2.14 bits per heavy atom. The normalized spacial score (nSPS) is 19.0. The Labute approximate surface area is 266 Å². The predicted molar refractivity (Wildman–Crippen MR) is 165 cm³/mol. The number of ether oxygens (including phenoxy) is 2. The SMILES string of the molecule is CC.Cc1cc2cc(c1O)Oc1c(Br)cc(cc1Br)C[C@@H](C(=O)O)NC(=O)[C@H](CO)NC(=O)[C@@H](NC(=O)OC(C)(C)C)C2. The summed E-state index contributed by atoms with van der Waals surface area (Å²) < 4.78 is 12.2. The van der Waals surface area contributed by atoms with E-state index in [2.05, 4.69) is 47.8 Å². The first-order chi connectivity index (χ1) is 20.1. The predicted octanol–water partition coefficient (Wildman–Crippen LogP) is 4.08. The first-order valence-corrected chi connectivity index (χ1v) is 15.1. The molecule has 2 aliphatic rings. The van der Waals surface area contributed by atoms with Gasteiger partial charge in [-0.25, -0.2) is 9.59 Å². The Morgan fingerprint density at radius 1 is 1.02 bits per heavy atom. The number of carboxylic acids is 1. The van der Waals surface area contributed by atoms with Crippen LogP contribution >= 0.6 is 31.9 Å². The third-order valence-corrected chi connectivity index (χ3v) is 7.09. The van der Waals surface area contributed by atoms with Gasteiger partial charge in [0.25, 0.3) is 0 Å². The Balaban J connectivity index is 0.00000316. The fourth-order valence-corrected chi connectivity index (χ4v) is 5.46. The van der Waals surface area contributed by atoms with Crippen LogP contribution in [0.25, 0.3) is 0 Å². The van der Waals surface area contributed by atoms with E-state index in [-0.39, 0.29) is 30.1 Å². The molecule has 0 fully saturated rings. The van der Waals surface area contributed by atoms with Crippen molar-refractivity contribution in [3.8, 4) is 17.2 Å². The lowest BCUT2D eigenvalue weighted by molar-refractivity contribution is -0.142. The maximum atomic E-state index is 13.3. The number of hydrogen-bond donors (Lipinski definition) is 6. The number of phenolic OH excluding ortho intramolecular Hbond substituents is 1.